The van der Waals surface area contributed by atoms with Crippen molar-refractivity contribution in [1.29, 1.82) is 0 Å². The Kier molecular flexibility index (Phi) is 2.60. The second-order valence-corrected chi connectivity index (χ2v) is 5.64. The molecule has 1 saturated carbocycles. The molecule has 0 aromatic carbocycles. The molecule has 104 valence electrons. The molecule has 2 aliphatic carbocycles. The lowest BCUT2D eigenvalue weighted by atomic mass is 9.72. The van der Waals surface area contributed by atoms with Crippen LogP contribution in [-0.2, 0) is 9.53 Å². The van der Waals surface area contributed by atoms with E-state index in [4.69, 9.17) is 4.74 Å². The first-order valence-electron chi connectivity index (χ1n) is 6.49. The van der Waals surface area contributed by atoms with Crippen LogP contribution in [0.15, 0.2) is 24.8 Å². The summed E-state index contributed by atoms with van der Waals surface area (Å²) in [4.78, 5) is 11.9. The maximum absolute atomic E-state index is 13.5. The summed E-state index contributed by atoms with van der Waals surface area (Å²) in [7, 11) is 0. The number of carbonyl (C=O) groups excluding carboxylic acids is 1. The van der Waals surface area contributed by atoms with Gasteiger partial charge in [0.15, 0.2) is 0 Å². The highest BCUT2D eigenvalue weighted by molar-refractivity contribution is 5.78. The maximum Gasteiger partial charge on any atom is 0.428 e. The minimum Gasteiger partial charge on any atom is -0.449 e. The third-order valence-electron chi connectivity index (χ3n) is 4.75. The van der Waals surface area contributed by atoms with E-state index in [1.807, 2.05) is 12.2 Å². The van der Waals surface area contributed by atoms with Crippen molar-refractivity contribution in [2.75, 3.05) is 0 Å². The number of cyclic esters (lactones) is 1. The maximum atomic E-state index is 13.5. The summed E-state index contributed by atoms with van der Waals surface area (Å²) in [5.41, 5.74) is -2.31. The molecule has 1 aliphatic heterocycles. The fourth-order valence-corrected chi connectivity index (χ4v) is 4.02. The Morgan fingerprint density at radius 1 is 1.42 bits per heavy atom. The predicted octanol–water partition coefficient (Wildman–Crippen LogP) is 3.25. The molecule has 2 nitrogen and oxygen atoms in total. The molecular formula is C14H15F3O2. The third kappa shape index (κ3) is 1.53. The van der Waals surface area contributed by atoms with Crippen LogP contribution in [0.25, 0.3) is 0 Å². The van der Waals surface area contributed by atoms with Gasteiger partial charge in [-0.25, -0.2) is 0 Å². The Balaban J connectivity index is 2.03. The highest BCUT2D eigenvalue weighted by Crippen LogP contribution is 2.62. The van der Waals surface area contributed by atoms with E-state index >= 15 is 0 Å². The second-order valence-electron chi connectivity index (χ2n) is 5.64. The third-order valence-corrected chi connectivity index (χ3v) is 4.75. The molecule has 0 aromatic heterocycles. The number of hydrogen-bond donors (Lipinski definition) is 0. The van der Waals surface area contributed by atoms with Crippen LogP contribution in [0.4, 0.5) is 13.2 Å². The van der Waals surface area contributed by atoms with Crippen LogP contribution < -0.4 is 0 Å². The van der Waals surface area contributed by atoms with Crippen LogP contribution in [-0.4, -0.2) is 17.7 Å². The average Bonchev–Trinajstić information content (AvgIpc) is 2.98. The lowest BCUT2D eigenvalue weighted by Gasteiger charge is -2.37. The zero-order valence-electron chi connectivity index (χ0n) is 10.3. The van der Waals surface area contributed by atoms with Gasteiger partial charge in [0, 0.05) is 12.3 Å². The van der Waals surface area contributed by atoms with Gasteiger partial charge in [0.1, 0.15) is 0 Å². The summed E-state index contributed by atoms with van der Waals surface area (Å²) in [6.07, 6.45) is 1.23. The van der Waals surface area contributed by atoms with E-state index in [1.54, 1.807) is 0 Å². The second kappa shape index (κ2) is 3.87. The van der Waals surface area contributed by atoms with Gasteiger partial charge in [0.05, 0.1) is 5.92 Å². The Morgan fingerprint density at radius 3 is 2.74 bits per heavy atom. The number of esters is 1. The van der Waals surface area contributed by atoms with Crippen molar-refractivity contribution < 1.29 is 22.7 Å². The summed E-state index contributed by atoms with van der Waals surface area (Å²) < 4.78 is 45.5. The molecule has 3 rings (SSSR count). The van der Waals surface area contributed by atoms with Gasteiger partial charge >= 0.3 is 12.1 Å². The van der Waals surface area contributed by atoms with Gasteiger partial charge in [-0.3, -0.25) is 4.79 Å². The molecule has 1 saturated heterocycles. The Labute approximate surface area is 109 Å². The van der Waals surface area contributed by atoms with Crippen molar-refractivity contribution in [3.63, 3.8) is 0 Å². The van der Waals surface area contributed by atoms with E-state index in [9.17, 15) is 18.0 Å². The fraction of sp³-hybridized carbons (Fsp3) is 0.643. The molecule has 0 aromatic rings. The number of halogens is 3. The molecule has 3 aliphatic rings. The molecule has 1 heterocycles. The monoisotopic (exact) mass is 272 g/mol. The van der Waals surface area contributed by atoms with Crippen LogP contribution in [0.5, 0.6) is 0 Å². The number of hydrogen-bond acceptors (Lipinski definition) is 2. The van der Waals surface area contributed by atoms with Crippen LogP contribution in [0, 0.1) is 23.7 Å². The molecule has 19 heavy (non-hydrogen) atoms. The number of rotatable bonds is 3. The molecule has 0 N–H and O–H groups in total. The first kappa shape index (κ1) is 12.8. The smallest absolute Gasteiger partial charge is 0.428 e. The van der Waals surface area contributed by atoms with Crippen molar-refractivity contribution >= 4 is 5.97 Å². The normalized spacial score (nSPS) is 43.4. The summed E-state index contributed by atoms with van der Waals surface area (Å²) >= 11 is 0. The van der Waals surface area contributed by atoms with Crippen LogP contribution in [0.2, 0.25) is 0 Å². The van der Waals surface area contributed by atoms with Crippen molar-refractivity contribution in [3.05, 3.63) is 24.8 Å². The van der Waals surface area contributed by atoms with E-state index in [0.29, 0.717) is 6.42 Å². The van der Waals surface area contributed by atoms with Gasteiger partial charge in [-0.05, 0) is 24.7 Å². The van der Waals surface area contributed by atoms with Gasteiger partial charge in [0.2, 0.25) is 5.60 Å². The molecular weight excluding hydrogens is 257 g/mol. The summed E-state index contributed by atoms with van der Waals surface area (Å²) in [5.74, 6) is -2.30. The molecule has 2 fully saturated rings. The Hall–Kier alpha value is -1.26. The van der Waals surface area contributed by atoms with E-state index in [0.717, 1.165) is 0 Å². The Bertz CT molecular complexity index is 454. The van der Waals surface area contributed by atoms with Crippen LogP contribution >= 0.6 is 0 Å². The molecule has 0 amide bonds. The fourth-order valence-electron chi connectivity index (χ4n) is 4.02. The van der Waals surface area contributed by atoms with E-state index in [-0.39, 0.29) is 24.7 Å². The zero-order chi connectivity index (χ0) is 13.8. The average molecular weight is 272 g/mol. The summed E-state index contributed by atoms with van der Waals surface area (Å²) in [6, 6.07) is 0. The SMILES string of the molecule is C=CCC[C@@]1(C(F)(F)F)OC(=O)[C@H]2[C@@H]1[C@H]1C=C[C@@H]2C1. The van der Waals surface area contributed by atoms with Gasteiger partial charge in [-0.1, -0.05) is 18.2 Å². The molecule has 0 spiro atoms. The Morgan fingerprint density at radius 2 is 2.11 bits per heavy atom. The number of carbonyl (C=O) groups is 1. The first-order valence-corrected chi connectivity index (χ1v) is 6.49. The van der Waals surface area contributed by atoms with Crippen molar-refractivity contribution in [1.82, 2.24) is 0 Å². The zero-order valence-corrected chi connectivity index (χ0v) is 10.3. The van der Waals surface area contributed by atoms with Crippen LogP contribution in [0.3, 0.4) is 0 Å². The predicted molar refractivity (Wildman–Crippen MR) is 62.0 cm³/mol. The molecule has 0 radical (unpaired) electrons. The van der Waals surface area contributed by atoms with Crippen LogP contribution in [0.1, 0.15) is 19.3 Å². The molecule has 2 bridgehead atoms. The minimum absolute atomic E-state index is 0.0737. The number of alkyl halides is 3. The van der Waals surface area contributed by atoms with Crippen molar-refractivity contribution in [2.24, 2.45) is 23.7 Å². The number of fused-ring (bicyclic) bond motifs is 5. The van der Waals surface area contributed by atoms with Gasteiger partial charge in [-0.2, -0.15) is 13.2 Å². The van der Waals surface area contributed by atoms with Crippen molar-refractivity contribution in [3.8, 4) is 0 Å². The summed E-state index contributed by atoms with van der Waals surface area (Å²) in [6.45, 7) is 3.47. The van der Waals surface area contributed by atoms with Crippen molar-refractivity contribution in [2.45, 2.75) is 31.0 Å². The van der Waals surface area contributed by atoms with E-state index in [2.05, 4.69) is 6.58 Å². The van der Waals surface area contributed by atoms with Gasteiger partial charge in [-0.15, -0.1) is 6.58 Å². The number of ether oxygens (including phenoxy) is 1. The standard InChI is InChI=1S/C14H15F3O2/c1-2-3-6-13(14(15,16)17)11-9-5-4-8(7-9)10(11)12(18)19-13/h2,4-5,8-11H,1,3,6-7H2/t8-,9+,10-,11+,13-/m1/s1. The lowest BCUT2D eigenvalue weighted by molar-refractivity contribution is -0.275. The molecule has 5 atom stereocenters. The van der Waals surface area contributed by atoms with E-state index in [1.165, 1.54) is 6.08 Å². The minimum atomic E-state index is -4.52. The first-order chi connectivity index (χ1) is 8.90. The lowest BCUT2D eigenvalue weighted by Crippen LogP contribution is -2.51. The largest absolute Gasteiger partial charge is 0.449 e. The highest BCUT2D eigenvalue weighted by atomic mass is 19.4. The number of allylic oxidation sites excluding steroid dienone is 3. The van der Waals surface area contributed by atoms with Gasteiger partial charge in [0.25, 0.3) is 0 Å². The topological polar surface area (TPSA) is 26.3 Å². The van der Waals surface area contributed by atoms with Gasteiger partial charge < -0.3 is 4.74 Å². The molecule has 0 unspecified atom stereocenters. The summed E-state index contributed by atoms with van der Waals surface area (Å²) in [5, 5.41) is 0. The molecule has 5 heteroatoms. The quantitative estimate of drug-likeness (QED) is 0.582. The highest BCUT2D eigenvalue weighted by Gasteiger charge is 2.73. The van der Waals surface area contributed by atoms with E-state index < -0.39 is 29.6 Å².